The molecule has 0 aromatic heterocycles. The highest BCUT2D eigenvalue weighted by molar-refractivity contribution is 7.47. The lowest BCUT2D eigenvalue weighted by atomic mass is 10.0. The van der Waals surface area contributed by atoms with Crippen LogP contribution >= 0.6 is 7.82 Å². The third-order valence-electron chi connectivity index (χ3n) is 3.37. The van der Waals surface area contributed by atoms with E-state index in [1.54, 1.807) is 0 Å². The van der Waals surface area contributed by atoms with E-state index >= 15 is 0 Å². The highest BCUT2D eigenvalue weighted by atomic mass is 31.2. The van der Waals surface area contributed by atoms with Crippen LogP contribution in [0.3, 0.4) is 0 Å². The third-order valence-corrected chi connectivity index (χ3v) is 4.28. The molecule has 0 aliphatic heterocycles. The molecule has 2 aromatic rings. The Hall–Kier alpha value is -1.49. The van der Waals surface area contributed by atoms with E-state index in [1.807, 2.05) is 74.5 Å². The van der Waals surface area contributed by atoms with Crippen LogP contribution in [0.2, 0.25) is 0 Å². The maximum absolute atomic E-state index is 12.4. The molecule has 0 radical (unpaired) electrons. The molecule has 1 atom stereocenters. The van der Waals surface area contributed by atoms with Gasteiger partial charge in [-0.05, 0) is 11.1 Å². The summed E-state index contributed by atoms with van der Waals surface area (Å²) in [6.07, 6.45) is -0.677. The van der Waals surface area contributed by atoms with Crippen molar-refractivity contribution < 1.29 is 18.6 Å². The van der Waals surface area contributed by atoms with E-state index in [1.165, 1.54) is 5.06 Å². The van der Waals surface area contributed by atoms with Gasteiger partial charge in [-0.25, -0.2) is 4.57 Å². The second-order valence-electron chi connectivity index (χ2n) is 4.97. The van der Waals surface area contributed by atoms with Crippen LogP contribution in [0.25, 0.3) is 0 Å². The van der Waals surface area contributed by atoms with Gasteiger partial charge in [0.25, 0.3) is 0 Å². The molecule has 0 heterocycles. The van der Waals surface area contributed by atoms with Crippen LogP contribution in [0, 0.1) is 0 Å². The Kier molecular flexibility index (Phi) is 6.51. The zero-order valence-corrected chi connectivity index (χ0v) is 14.2. The van der Waals surface area contributed by atoms with Gasteiger partial charge in [-0.3, -0.25) is 4.52 Å². The summed E-state index contributed by atoms with van der Waals surface area (Å²) in [6, 6.07) is 18.6. The Balaban J connectivity index is 2.27. The van der Waals surface area contributed by atoms with Gasteiger partial charge < -0.3 is 4.89 Å². The molecule has 0 bridgehead atoms. The van der Waals surface area contributed by atoms with Crippen LogP contribution < -0.4 is 0 Å². The minimum atomic E-state index is -4.24. The fraction of sp³-hybridized carbons (Fsp3) is 0.294. The Labute approximate surface area is 137 Å². The standard InChI is InChI=1S/C17H22NO4P/c1-3-18(4-2)22-23(19,20)21-17(15-11-7-5-8-12-15)16-13-9-6-10-14-16/h5-14,17H,3-4H2,1-2H3,(H,19,20). The van der Waals surface area contributed by atoms with Crippen molar-refractivity contribution in [3.8, 4) is 0 Å². The van der Waals surface area contributed by atoms with Crippen LogP contribution in [-0.4, -0.2) is 23.0 Å². The molecule has 0 aliphatic carbocycles. The van der Waals surface area contributed by atoms with Gasteiger partial charge in [0.1, 0.15) is 6.10 Å². The van der Waals surface area contributed by atoms with Crippen LogP contribution in [0.1, 0.15) is 31.1 Å². The third kappa shape index (κ3) is 5.27. The van der Waals surface area contributed by atoms with Crippen LogP contribution in [0.5, 0.6) is 0 Å². The van der Waals surface area contributed by atoms with Crippen molar-refractivity contribution in [1.29, 1.82) is 0 Å². The largest absolute Gasteiger partial charge is 0.489 e. The monoisotopic (exact) mass is 335 g/mol. The van der Waals surface area contributed by atoms with Crippen molar-refractivity contribution in [2.45, 2.75) is 20.0 Å². The number of nitrogens with zero attached hydrogens (tertiary/aromatic N) is 1. The van der Waals surface area contributed by atoms with Crippen LogP contribution in [0.15, 0.2) is 60.7 Å². The molecule has 0 amide bonds. The Bertz CT molecular complexity index is 592. The molecule has 5 nitrogen and oxygen atoms in total. The average molecular weight is 335 g/mol. The molecule has 0 saturated heterocycles. The van der Waals surface area contributed by atoms with Gasteiger partial charge in [-0.15, -0.1) is 0 Å². The van der Waals surface area contributed by atoms with Crippen LogP contribution in [0.4, 0.5) is 0 Å². The van der Waals surface area contributed by atoms with Gasteiger partial charge in [0.05, 0.1) is 0 Å². The number of phosphoric ester groups is 1. The van der Waals surface area contributed by atoms with Gasteiger partial charge in [0, 0.05) is 13.1 Å². The maximum atomic E-state index is 12.4. The molecule has 124 valence electrons. The summed E-state index contributed by atoms with van der Waals surface area (Å²) in [7, 11) is -4.24. The summed E-state index contributed by atoms with van der Waals surface area (Å²) in [5.41, 5.74) is 1.58. The molecular formula is C17H22NO4P. The van der Waals surface area contributed by atoms with E-state index in [0.717, 1.165) is 11.1 Å². The lowest BCUT2D eigenvalue weighted by Crippen LogP contribution is -2.22. The van der Waals surface area contributed by atoms with Crippen LogP contribution in [-0.2, 0) is 13.7 Å². The van der Waals surface area contributed by atoms with E-state index in [-0.39, 0.29) is 0 Å². The SMILES string of the molecule is CCN(CC)OP(=O)(O)OC(c1ccccc1)c1ccccc1. The minimum Gasteiger partial charge on any atom is -0.301 e. The van der Waals surface area contributed by atoms with E-state index < -0.39 is 13.9 Å². The van der Waals surface area contributed by atoms with Gasteiger partial charge in [0.15, 0.2) is 0 Å². The predicted octanol–water partition coefficient (Wildman–Crippen LogP) is 4.17. The normalized spacial score (nSPS) is 14.1. The molecule has 6 heteroatoms. The first-order valence-electron chi connectivity index (χ1n) is 7.61. The van der Waals surface area contributed by atoms with Crippen molar-refractivity contribution >= 4 is 7.82 Å². The summed E-state index contributed by atoms with van der Waals surface area (Å²) in [4.78, 5) is 10.1. The summed E-state index contributed by atoms with van der Waals surface area (Å²) in [5.74, 6) is 0. The van der Waals surface area contributed by atoms with Crippen molar-refractivity contribution in [2.24, 2.45) is 0 Å². The first kappa shape index (κ1) is 17.9. The number of hydrogen-bond donors (Lipinski definition) is 1. The Morgan fingerprint density at radius 2 is 1.39 bits per heavy atom. The smallest absolute Gasteiger partial charge is 0.301 e. The Morgan fingerprint density at radius 1 is 0.957 bits per heavy atom. The fourth-order valence-corrected chi connectivity index (χ4v) is 3.28. The second-order valence-corrected chi connectivity index (χ2v) is 6.28. The zero-order chi connectivity index (χ0) is 16.7. The highest BCUT2D eigenvalue weighted by Gasteiger charge is 2.31. The molecule has 23 heavy (non-hydrogen) atoms. The molecule has 0 fully saturated rings. The first-order chi connectivity index (χ1) is 11.1. The number of rotatable bonds is 8. The fourth-order valence-electron chi connectivity index (χ4n) is 2.21. The molecule has 0 saturated carbocycles. The lowest BCUT2D eigenvalue weighted by Gasteiger charge is -2.25. The number of phosphoric acid groups is 1. The van der Waals surface area contributed by atoms with E-state index in [0.29, 0.717) is 13.1 Å². The minimum absolute atomic E-state index is 0.492. The van der Waals surface area contributed by atoms with E-state index in [9.17, 15) is 9.46 Å². The number of hydroxylamine groups is 2. The van der Waals surface area contributed by atoms with Gasteiger partial charge in [-0.2, -0.15) is 9.69 Å². The quantitative estimate of drug-likeness (QED) is 0.580. The van der Waals surface area contributed by atoms with Gasteiger partial charge in [-0.1, -0.05) is 74.5 Å². The van der Waals surface area contributed by atoms with Crippen molar-refractivity contribution in [2.75, 3.05) is 13.1 Å². The molecule has 2 rings (SSSR count). The Morgan fingerprint density at radius 3 is 1.78 bits per heavy atom. The zero-order valence-electron chi connectivity index (χ0n) is 13.3. The van der Waals surface area contributed by atoms with Crippen molar-refractivity contribution in [3.63, 3.8) is 0 Å². The number of hydrogen-bond acceptors (Lipinski definition) is 4. The maximum Gasteiger partial charge on any atom is 0.489 e. The van der Waals surface area contributed by atoms with Crippen molar-refractivity contribution in [3.05, 3.63) is 71.8 Å². The average Bonchev–Trinajstić information content (AvgIpc) is 2.59. The highest BCUT2D eigenvalue weighted by Crippen LogP contribution is 2.50. The molecule has 0 aliphatic rings. The molecule has 1 unspecified atom stereocenters. The summed E-state index contributed by atoms with van der Waals surface area (Å²) < 4.78 is 23.0. The summed E-state index contributed by atoms with van der Waals surface area (Å²) in [5, 5.41) is 1.40. The molecular weight excluding hydrogens is 313 g/mol. The molecule has 1 N–H and O–H groups in total. The molecule has 0 spiro atoms. The van der Waals surface area contributed by atoms with Gasteiger partial charge >= 0.3 is 7.82 Å². The molecule has 2 aromatic carbocycles. The summed E-state index contributed by atoms with van der Waals surface area (Å²) >= 11 is 0. The first-order valence-corrected chi connectivity index (χ1v) is 9.11. The lowest BCUT2D eigenvalue weighted by molar-refractivity contribution is -0.0824. The van der Waals surface area contributed by atoms with E-state index in [4.69, 9.17) is 9.15 Å². The van der Waals surface area contributed by atoms with Crippen molar-refractivity contribution in [1.82, 2.24) is 5.06 Å². The summed E-state index contributed by atoms with van der Waals surface area (Å²) in [6.45, 7) is 4.67. The number of benzene rings is 2. The topological polar surface area (TPSA) is 59.0 Å². The second kappa shape index (κ2) is 8.39. The predicted molar refractivity (Wildman–Crippen MR) is 89.6 cm³/mol. The van der Waals surface area contributed by atoms with Gasteiger partial charge in [0.2, 0.25) is 0 Å². The van der Waals surface area contributed by atoms with E-state index in [2.05, 4.69) is 0 Å².